The first-order valence-corrected chi connectivity index (χ1v) is 8.18. The summed E-state index contributed by atoms with van der Waals surface area (Å²) in [4.78, 5) is 0.367. The fourth-order valence-corrected chi connectivity index (χ4v) is 3.50. The highest BCUT2D eigenvalue weighted by molar-refractivity contribution is 9.10. The fraction of sp³-hybridized carbons (Fsp3) is 0.533. The van der Waals surface area contributed by atoms with Crippen molar-refractivity contribution in [2.75, 3.05) is 6.61 Å². The van der Waals surface area contributed by atoms with Crippen LogP contribution in [-0.2, 0) is 4.74 Å². The minimum Gasteiger partial charge on any atom is -0.489 e. The van der Waals surface area contributed by atoms with E-state index in [4.69, 9.17) is 27.4 Å². The van der Waals surface area contributed by atoms with Crippen LogP contribution in [0.15, 0.2) is 22.7 Å². The summed E-state index contributed by atoms with van der Waals surface area (Å²) in [6.07, 6.45) is 5.68. The highest BCUT2D eigenvalue weighted by atomic mass is 79.9. The molecular weight excluding hydrogens is 338 g/mol. The molecule has 2 fully saturated rings. The second kappa shape index (κ2) is 5.62. The van der Waals surface area contributed by atoms with Gasteiger partial charge in [-0.3, -0.25) is 0 Å². The van der Waals surface area contributed by atoms with Crippen LogP contribution in [0.2, 0.25) is 0 Å². The van der Waals surface area contributed by atoms with Crippen molar-refractivity contribution >= 4 is 33.1 Å². The predicted molar refractivity (Wildman–Crippen MR) is 86.2 cm³/mol. The molecule has 5 heteroatoms. The van der Waals surface area contributed by atoms with E-state index in [1.54, 1.807) is 0 Å². The van der Waals surface area contributed by atoms with Crippen LogP contribution in [0.4, 0.5) is 0 Å². The van der Waals surface area contributed by atoms with Gasteiger partial charge in [-0.2, -0.15) is 0 Å². The Morgan fingerprint density at radius 1 is 1.45 bits per heavy atom. The summed E-state index contributed by atoms with van der Waals surface area (Å²) >= 11 is 8.55. The monoisotopic (exact) mass is 355 g/mol. The van der Waals surface area contributed by atoms with Gasteiger partial charge in [0.1, 0.15) is 16.8 Å². The third kappa shape index (κ3) is 2.85. The largest absolute Gasteiger partial charge is 0.489 e. The van der Waals surface area contributed by atoms with Crippen molar-refractivity contribution in [1.29, 1.82) is 0 Å². The molecule has 108 valence electrons. The van der Waals surface area contributed by atoms with Crippen molar-refractivity contribution in [3.05, 3.63) is 28.2 Å². The van der Waals surface area contributed by atoms with Gasteiger partial charge in [-0.25, -0.2) is 0 Å². The van der Waals surface area contributed by atoms with Crippen molar-refractivity contribution < 1.29 is 9.47 Å². The van der Waals surface area contributed by atoms with Gasteiger partial charge in [0, 0.05) is 17.3 Å². The molecule has 0 bridgehead atoms. The van der Waals surface area contributed by atoms with E-state index in [0.29, 0.717) is 4.99 Å². The summed E-state index contributed by atoms with van der Waals surface area (Å²) in [5.74, 6) is 0.780. The van der Waals surface area contributed by atoms with Crippen molar-refractivity contribution in [2.45, 2.75) is 43.8 Å². The number of benzene rings is 1. The molecule has 0 aromatic heterocycles. The van der Waals surface area contributed by atoms with Crippen LogP contribution in [-0.4, -0.2) is 23.3 Å². The fourth-order valence-electron chi connectivity index (χ4n) is 2.98. The van der Waals surface area contributed by atoms with Crippen LogP contribution >= 0.6 is 28.1 Å². The third-order valence-electron chi connectivity index (χ3n) is 4.21. The molecule has 1 aliphatic carbocycles. The smallest absolute Gasteiger partial charge is 0.129 e. The van der Waals surface area contributed by atoms with Crippen LogP contribution in [0.1, 0.15) is 37.7 Å². The van der Waals surface area contributed by atoms with Crippen LogP contribution in [0.5, 0.6) is 5.75 Å². The lowest BCUT2D eigenvalue weighted by Gasteiger charge is -2.47. The molecule has 3 nitrogen and oxygen atoms in total. The van der Waals surface area contributed by atoms with Crippen molar-refractivity contribution in [2.24, 2.45) is 5.73 Å². The molecule has 1 spiro atoms. The van der Waals surface area contributed by atoms with E-state index in [2.05, 4.69) is 15.9 Å². The second-order valence-electron chi connectivity index (χ2n) is 5.62. The van der Waals surface area contributed by atoms with Gasteiger partial charge in [0.25, 0.3) is 0 Å². The van der Waals surface area contributed by atoms with Gasteiger partial charge < -0.3 is 15.2 Å². The Morgan fingerprint density at radius 3 is 2.90 bits per heavy atom. The molecule has 1 aromatic rings. The van der Waals surface area contributed by atoms with Crippen LogP contribution in [0.3, 0.4) is 0 Å². The number of thiocarbonyl (C=S) groups is 1. The molecule has 1 saturated heterocycles. The number of ether oxygens (including phenoxy) is 2. The Kier molecular flexibility index (Phi) is 4.02. The average Bonchev–Trinajstić information content (AvgIpc) is 2.39. The van der Waals surface area contributed by atoms with E-state index >= 15 is 0 Å². The lowest BCUT2D eigenvalue weighted by atomic mass is 9.74. The Bertz CT molecular complexity index is 531. The SMILES string of the molecule is NC(=S)c1cc(Br)ccc1OC1CCOC2(CCC2)C1. The van der Waals surface area contributed by atoms with Gasteiger partial charge in [-0.1, -0.05) is 28.1 Å². The Labute approximate surface area is 132 Å². The van der Waals surface area contributed by atoms with Gasteiger partial charge in [-0.05, 0) is 37.5 Å². The van der Waals surface area contributed by atoms with Gasteiger partial charge >= 0.3 is 0 Å². The molecule has 1 atom stereocenters. The molecule has 1 heterocycles. The summed E-state index contributed by atoms with van der Waals surface area (Å²) in [7, 11) is 0. The third-order valence-corrected chi connectivity index (χ3v) is 4.93. The minimum atomic E-state index is 0.0850. The van der Waals surface area contributed by atoms with Crippen molar-refractivity contribution in [3.63, 3.8) is 0 Å². The van der Waals surface area contributed by atoms with E-state index in [1.807, 2.05) is 18.2 Å². The second-order valence-corrected chi connectivity index (χ2v) is 6.98. The standard InChI is InChI=1S/C15H18BrNO2S/c16-10-2-3-13(12(8-10)14(17)20)19-11-4-7-18-15(9-11)5-1-6-15/h2-3,8,11H,1,4-7,9H2,(H2,17,20). The molecule has 1 saturated carbocycles. The molecule has 2 aliphatic rings. The maximum Gasteiger partial charge on any atom is 0.129 e. The molecule has 20 heavy (non-hydrogen) atoms. The number of rotatable bonds is 3. The first kappa shape index (κ1) is 14.3. The number of halogens is 1. The predicted octanol–water partition coefficient (Wildman–Crippen LogP) is 3.56. The van der Waals surface area contributed by atoms with E-state index in [9.17, 15) is 0 Å². The van der Waals surface area contributed by atoms with Crippen LogP contribution < -0.4 is 10.5 Å². The molecule has 2 N–H and O–H groups in total. The van der Waals surface area contributed by atoms with Gasteiger partial charge in [0.15, 0.2) is 0 Å². The molecule has 1 unspecified atom stereocenters. The number of hydrogen-bond donors (Lipinski definition) is 1. The van der Waals surface area contributed by atoms with E-state index in [0.717, 1.165) is 48.1 Å². The quantitative estimate of drug-likeness (QED) is 0.841. The van der Waals surface area contributed by atoms with E-state index < -0.39 is 0 Å². The van der Waals surface area contributed by atoms with Crippen molar-refractivity contribution in [1.82, 2.24) is 0 Å². The summed E-state index contributed by atoms with van der Waals surface area (Å²) in [5.41, 5.74) is 6.67. The zero-order chi connectivity index (χ0) is 14.2. The first-order chi connectivity index (χ1) is 9.58. The molecule has 0 amide bonds. The highest BCUT2D eigenvalue weighted by Gasteiger charge is 2.43. The normalized spacial score (nSPS) is 24.1. The molecule has 3 rings (SSSR count). The van der Waals surface area contributed by atoms with Crippen LogP contribution in [0.25, 0.3) is 0 Å². The first-order valence-electron chi connectivity index (χ1n) is 6.98. The maximum atomic E-state index is 6.17. The average molecular weight is 356 g/mol. The molecule has 1 aromatic carbocycles. The molecule has 1 aliphatic heterocycles. The zero-order valence-corrected chi connectivity index (χ0v) is 13.6. The molecular formula is C15H18BrNO2S. The van der Waals surface area contributed by atoms with Gasteiger partial charge in [0.05, 0.1) is 17.8 Å². The summed E-state index contributed by atoms with van der Waals surface area (Å²) in [6.45, 7) is 0.781. The Morgan fingerprint density at radius 2 is 2.25 bits per heavy atom. The Hall–Kier alpha value is -0.650. The topological polar surface area (TPSA) is 44.5 Å². The summed E-state index contributed by atoms with van der Waals surface area (Å²) in [6, 6.07) is 5.80. The summed E-state index contributed by atoms with van der Waals surface area (Å²) in [5, 5.41) is 0. The van der Waals surface area contributed by atoms with Gasteiger partial charge in [0.2, 0.25) is 0 Å². The Balaban J connectivity index is 1.75. The minimum absolute atomic E-state index is 0.0850. The van der Waals surface area contributed by atoms with Crippen LogP contribution in [0, 0.1) is 0 Å². The maximum absolute atomic E-state index is 6.17. The number of hydrogen-bond acceptors (Lipinski definition) is 3. The lowest BCUT2D eigenvalue weighted by Crippen LogP contribution is -2.48. The lowest BCUT2D eigenvalue weighted by molar-refractivity contribution is -0.153. The van der Waals surface area contributed by atoms with E-state index in [1.165, 1.54) is 6.42 Å². The van der Waals surface area contributed by atoms with E-state index in [-0.39, 0.29) is 11.7 Å². The van der Waals surface area contributed by atoms with Crippen molar-refractivity contribution in [3.8, 4) is 5.75 Å². The number of nitrogens with two attached hydrogens (primary N) is 1. The highest BCUT2D eigenvalue weighted by Crippen LogP contribution is 2.43. The zero-order valence-electron chi connectivity index (χ0n) is 11.2. The van der Waals surface area contributed by atoms with Gasteiger partial charge in [-0.15, -0.1) is 0 Å². The molecule has 0 radical (unpaired) electrons. The summed E-state index contributed by atoms with van der Waals surface area (Å²) < 4.78 is 13.0.